The second-order valence-corrected chi connectivity index (χ2v) is 5.40. The molecule has 12 heavy (non-hydrogen) atoms. The molecule has 0 N–H and O–H groups in total. The van der Waals surface area contributed by atoms with Crippen molar-refractivity contribution in [1.29, 1.82) is 0 Å². The third-order valence-electron chi connectivity index (χ3n) is 2.94. The Morgan fingerprint density at radius 3 is 3.00 bits per heavy atom. The summed E-state index contributed by atoms with van der Waals surface area (Å²) in [5.41, 5.74) is -0.236. The fraction of sp³-hybridized carbons (Fsp3) is 0.875. The van der Waals surface area contributed by atoms with Crippen LogP contribution in [0.3, 0.4) is 0 Å². The maximum Gasteiger partial charge on any atom is 0.254 e. The number of halogens is 1. The number of carbonyl (C=O) groups excluding carboxylic acids is 1. The van der Waals surface area contributed by atoms with Crippen LogP contribution in [0, 0.1) is 5.41 Å². The Labute approximate surface area is 85.5 Å². The van der Waals surface area contributed by atoms with Crippen LogP contribution < -0.4 is 0 Å². The van der Waals surface area contributed by atoms with Gasteiger partial charge in [0.05, 0.1) is 5.41 Å². The molecule has 0 aromatic rings. The molecule has 1 aliphatic carbocycles. The highest BCUT2D eigenvalue weighted by molar-refractivity contribution is 14.1. The molecular weight excluding hydrogens is 269 g/mol. The minimum atomic E-state index is -0.236. The lowest BCUT2D eigenvalue weighted by Gasteiger charge is -2.17. The van der Waals surface area contributed by atoms with Crippen molar-refractivity contribution in [3.8, 4) is 0 Å². The zero-order valence-corrected chi connectivity index (χ0v) is 9.37. The predicted molar refractivity (Wildman–Crippen MR) is 52.8 cm³/mol. The summed E-state index contributed by atoms with van der Waals surface area (Å²) in [7, 11) is 1.70. The summed E-state index contributed by atoms with van der Waals surface area (Å²) in [6.07, 6.45) is 2.17. The largest absolute Gasteiger partial charge is 0.272 e. The van der Waals surface area contributed by atoms with E-state index >= 15 is 0 Å². The van der Waals surface area contributed by atoms with Crippen molar-refractivity contribution in [3.63, 3.8) is 0 Å². The van der Waals surface area contributed by atoms with Crippen LogP contribution in [0.25, 0.3) is 0 Å². The van der Waals surface area contributed by atoms with Gasteiger partial charge in [0.2, 0.25) is 0 Å². The van der Waals surface area contributed by atoms with Crippen molar-refractivity contribution >= 4 is 28.5 Å². The maximum absolute atomic E-state index is 11.7. The second-order valence-electron chi connectivity index (χ2n) is 3.80. The van der Waals surface area contributed by atoms with Gasteiger partial charge in [-0.1, -0.05) is 22.6 Å². The number of hydrogen-bond acceptors (Lipinski definition) is 2. The summed E-state index contributed by atoms with van der Waals surface area (Å²) in [6, 6.07) is 0. The quantitative estimate of drug-likeness (QED) is 0.495. The van der Waals surface area contributed by atoms with E-state index in [1.165, 1.54) is 5.06 Å². The van der Waals surface area contributed by atoms with Crippen LogP contribution in [0.2, 0.25) is 0 Å². The Balaban J connectivity index is 2.31. The molecule has 1 heterocycles. The summed E-state index contributed by atoms with van der Waals surface area (Å²) in [6.45, 7) is 2.02. The molecule has 2 rings (SSSR count). The number of alkyl halides is 1. The number of rotatable bonds is 0. The van der Waals surface area contributed by atoms with Crippen molar-refractivity contribution in [2.75, 3.05) is 7.05 Å². The molecule has 1 saturated carbocycles. The molecule has 3 nitrogen and oxygen atoms in total. The van der Waals surface area contributed by atoms with Crippen molar-refractivity contribution < 1.29 is 9.63 Å². The standard InChI is InChI=1S/C8H12INO2/c1-8-4-3-5(9)6(8)12-10(2)7(8)11/h5-6H,3-4H2,1-2H3/t5-,6+,8-/m1/s1. The fourth-order valence-electron chi connectivity index (χ4n) is 2.12. The topological polar surface area (TPSA) is 29.5 Å². The lowest BCUT2D eigenvalue weighted by molar-refractivity contribution is -0.163. The lowest BCUT2D eigenvalue weighted by Crippen LogP contribution is -2.32. The van der Waals surface area contributed by atoms with Gasteiger partial charge in [-0.25, -0.2) is 5.06 Å². The molecule has 0 spiro atoms. The molecule has 0 radical (unpaired) electrons. The first-order valence-corrected chi connectivity index (χ1v) is 5.39. The van der Waals surface area contributed by atoms with Crippen LogP contribution in [0.15, 0.2) is 0 Å². The van der Waals surface area contributed by atoms with Gasteiger partial charge < -0.3 is 0 Å². The van der Waals surface area contributed by atoms with Gasteiger partial charge >= 0.3 is 0 Å². The number of hydroxylamine groups is 2. The van der Waals surface area contributed by atoms with Crippen LogP contribution in [0.1, 0.15) is 19.8 Å². The molecule has 2 fully saturated rings. The van der Waals surface area contributed by atoms with Crippen LogP contribution in [0.4, 0.5) is 0 Å². The minimum absolute atomic E-state index is 0.107. The minimum Gasteiger partial charge on any atom is -0.272 e. The average Bonchev–Trinajstić information content (AvgIpc) is 2.42. The summed E-state index contributed by atoms with van der Waals surface area (Å²) < 4.78 is 0.487. The molecule has 4 heteroatoms. The summed E-state index contributed by atoms with van der Waals surface area (Å²) >= 11 is 2.38. The number of nitrogens with zero attached hydrogens (tertiary/aromatic N) is 1. The summed E-state index contributed by atoms with van der Waals surface area (Å²) in [4.78, 5) is 17.1. The van der Waals surface area contributed by atoms with Crippen molar-refractivity contribution in [2.24, 2.45) is 5.41 Å². The SMILES string of the molecule is CN1O[C@H]2[C@H](I)CC[C@@]2(C)C1=O. The zero-order valence-electron chi connectivity index (χ0n) is 7.21. The monoisotopic (exact) mass is 281 g/mol. The molecular formula is C8H12INO2. The molecule has 1 saturated heterocycles. The Kier molecular flexibility index (Phi) is 1.87. The highest BCUT2D eigenvalue weighted by Crippen LogP contribution is 2.48. The third kappa shape index (κ3) is 0.937. The van der Waals surface area contributed by atoms with Gasteiger partial charge in [0, 0.05) is 11.0 Å². The third-order valence-corrected chi connectivity index (χ3v) is 4.22. The molecule has 1 amide bonds. The molecule has 0 bridgehead atoms. The van der Waals surface area contributed by atoms with Crippen molar-refractivity contribution in [2.45, 2.75) is 29.8 Å². The molecule has 3 atom stereocenters. The summed E-state index contributed by atoms with van der Waals surface area (Å²) in [5, 5.41) is 1.40. The maximum atomic E-state index is 11.7. The van der Waals surface area contributed by atoms with E-state index in [9.17, 15) is 4.79 Å². The van der Waals surface area contributed by atoms with Gasteiger partial charge in [0.25, 0.3) is 5.91 Å². The Bertz CT molecular complexity index is 233. The van der Waals surface area contributed by atoms with E-state index in [-0.39, 0.29) is 17.4 Å². The van der Waals surface area contributed by atoms with E-state index in [2.05, 4.69) is 22.6 Å². The Morgan fingerprint density at radius 2 is 2.42 bits per heavy atom. The number of hydrogen-bond donors (Lipinski definition) is 0. The normalized spacial score (nSPS) is 46.9. The first-order chi connectivity index (χ1) is 5.55. The van der Waals surface area contributed by atoms with Crippen molar-refractivity contribution in [3.05, 3.63) is 0 Å². The van der Waals surface area contributed by atoms with E-state index in [1.54, 1.807) is 7.05 Å². The van der Waals surface area contributed by atoms with Crippen molar-refractivity contribution in [1.82, 2.24) is 5.06 Å². The highest BCUT2D eigenvalue weighted by atomic mass is 127. The van der Waals surface area contributed by atoms with Crippen LogP contribution in [-0.4, -0.2) is 28.0 Å². The molecule has 2 aliphatic rings. The van der Waals surface area contributed by atoms with Gasteiger partial charge in [-0.05, 0) is 19.8 Å². The molecule has 0 aromatic carbocycles. The average molecular weight is 281 g/mol. The molecule has 68 valence electrons. The summed E-state index contributed by atoms with van der Waals surface area (Å²) in [5.74, 6) is 0.145. The first kappa shape index (κ1) is 8.74. The fourth-order valence-corrected chi connectivity index (χ4v) is 3.36. The number of amides is 1. The van der Waals surface area contributed by atoms with Crippen LogP contribution >= 0.6 is 22.6 Å². The van der Waals surface area contributed by atoms with Crippen LogP contribution in [-0.2, 0) is 9.63 Å². The smallest absolute Gasteiger partial charge is 0.254 e. The van der Waals surface area contributed by atoms with Gasteiger partial charge in [0.15, 0.2) is 0 Å². The molecule has 0 aromatic heterocycles. The second kappa shape index (κ2) is 2.57. The van der Waals surface area contributed by atoms with E-state index in [0.29, 0.717) is 3.92 Å². The van der Waals surface area contributed by atoms with E-state index in [1.807, 2.05) is 6.92 Å². The van der Waals surface area contributed by atoms with Gasteiger partial charge in [0.1, 0.15) is 6.10 Å². The number of fused-ring (bicyclic) bond motifs is 1. The molecule has 0 unspecified atom stereocenters. The molecule has 1 aliphatic heterocycles. The van der Waals surface area contributed by atoms with Crippen LogP contribution in [0.5, 0.6) is 0 Å². The Morgan fingerprint density at radius 1 is 1.75 bits per heavy atom. The van der Waals surface area contributed by atoms with Gasteiger partial charge in [-0.2, -0.15) is 0 Å². The van der Waals surface area contributed by atoms with E-state index in [0.717, 1.165) is 12.8 Å². The zero-order chi connectivity index (χ0) is 8.93. The predicted octanol–water partition coefficient (Wildman–Crippen LogP) is 1.36. The highest BCUT2D eigenvalue weighted by Gasteiger charge is 2.57. The van der Waals surface area contributed by atoms with E-state index < -0.39 is 0 Å². The first-order valence-electron chi connectivity index (χ1n) is 4.15. The van der Waals surface area contributed by atoms with E-state index in [4.69, 9.17) is 4.84 Å². The Hall–Kier alpha value is 0.160. The number of carbonyl (C=O) groups is 1. The van der Waals surface area contributed by atoms with Gasteiger partial charge in [-0.3, -0.25) is 9.63 Å². The van der Waals surface area contributed by atoms with Gasteiger partial charge in [-0.15, -0.1) is 0 Å². The lowest BCUT2D eigenvalue weighted by atomic mass is 9.87.